The van der Waals surface area contributed by atoms with Gasteiger partial charge in [-0.15, -0.1) is 5.92 Å². The molecule has 0 radical (unpaired) electrons. The lowest BCUT2D eigenvalue weighted by Crippen LogP contribution is -2.08. The van der Waals surface area contributed by atoms with E-state index in [4.69, 9.17) is 5.11 Å². The molecule has 0 bridgehead atoms. The van der Waals surface area contributed by atoms with Gasteiger partial charge in [-0.1, -0.05) is 12.0 Å². The Morgan fingerprint density at radius 2 is 2.29 bits per heavy atom. The predicted octanol–water partition coefficient (Wildman–Crippen LogP) is 2.20. The molecule has 0 aliphatic rings. The first-order valence-corrected chi connectivity index (χ1v) is 5.06. The first-order chi connectivity index (χ1) is 8.08. The summed E-state index contributed by atoms with van der Waals surface area (Å²) in [6.07, 6.45) is -0.0148. The Balaban J connectivity index is 3.04. The summed E-state index contributed by atoms with van der Waals surface area (Å²) in [7, 11) is 1.27. The Morgan fingerprint density at radius 1 is 1.59 bits per heavy atom. The van der Waals surface area contributed by atoms with E-state index in [9.17, 15) is 9.18 Å². The molecule has 0 saturated heterocycles. The van der Waals surface area contributed by atoms with Crippen LogP contribution in [0.25, 0.3) is 0 Å². The van der Waals surface area contributed by atoms with E-state index in [0.717, 1.165) is 6.07 Å². The quantitative estimate of drug-likeness (QED) is 0.646. The van der Waals surface area contributed by atoms with Crippen LogP contribution >= 0.6 is 0 Å². The molecule has 3 nitrogen and oxygen atoms in total. The van der Waals surface area contributed by atoms with E-state index in [1.165, 1.54) is 19.2 Å². The van der Waals surface area contributed by atoms with Gasteiger partial charge in [-0.3, -0.25) is 4.79 Å². The first-order valence-electron chi connectivity index (χ1n) is 5.06. The van der Waals surface area contributed by atoms with Crippen LogP contribution in [0, 0.1) is 17.7 Å². The minimum atomic E-state index is -0.582. The lowest BCUT2D eigenvalue weighted by Gasteiger charge is -2.11. The van der Waals surface area contributed by atoms with Crippen molar-refractivity contribution in [3.8, 4) is 17.6 Å². The van der Waals surface area contributed by atoms with Crippen LogP contribution < -0.4 is 0 Å². The Labute approximate surface area is 99.2 Å². The van der Waals surface area contributed by atoms with Crippen molar-refractivity contribution < 1.29 is 19.0 Å². The molecular weight excluding hydrogens is 223 g/mol. The molecule has 1 N–H and O–H groups in total. The highest BCUT2D eigenvalue weighted by Crippen LogP contribution is 2.25. The molecule has 0 saturated carbocycles. The van der Waals surface area contributed by atoms with E-state index in [0.29, 0.717) is 0 Å². The maximum Gasteiger partial charge on any atom is 0.307 e. The number of halogens is 1. The number of phenolic OH excluding ortho intramolecular Hbond substituents is 1. The molecule has 0 heterocycles. The second kappa shape index (κ2) is 5.90. The lowest BCUT2D eigenvalue weighted by molar-refractivity contribution is -0.140. The van der Waals surface area contributed by atoms with E-state index in [1.807, 2.05) is 0 Å². The fraction of sp³-hybridized carbons (Fsp3) is 0.308. The van der Waals surface area contributed by atoms with Gasteiger partial charge in [-0.05, 0) is 13.0 Å². The number of phenols is 1. The largest absolute Gasteiger partial charge is 0.508 e. The average Bonchev–Trinajstić information content (AvgIpc) is 2.28. The molecule has 0 unspecified atom stereocenters. The summed E-state index contributed by atoms with van der Waals surface area (Å²) in [5.74, 6) is 3.65. The summed E-state index contributed by atoms with van der Waals surface area (Å²) < 4.78 is 18.1. The fourth-order valence-electron chi connectivity index (χ4n) is 1.46. The van der Waals surface area contributed by atoms with Crippen molar-refractivity contribution in [3.05, 3.63) is 29.6 Å². The topological polar surface area (TPSA) is 46.5 Å². The molecule has 1 rings (SSSR count). The van der Waals surface area contributed by atoms with Crippen molar-refractivity contribution >= 4 is 5.97 Å². The van der Waals surface area contributed by atoms with Gasteiger partial charge in [0, 0.05) is 11.6 Å². The van der Waals surface area contributed by atoms with Gasteiger partial charge < -0.3 is 9.84 Å². The highest BCUT2D eigenvalue weighted by Gasteiger charge is 2.18. The zero-order valence-electron chi connectivity index (χ0n) is 9.66. The number of rotatable bonds is 3. The molecule has 90 valence electrons. The van der Waals surface area contributed by atoms with E-state index in [1.54, 1.807) is 6.92 Å². The minimum absolute atomic E-state index is 0.0148. The van der Waals surface area contributed by atoms with Gasteiger partial charge in [0.1, 0.15) is 11.6 Å². The maximum atomic E-state index is 13.6. The number of carbonyl (C=O) groups is 1. The third-order valence-corrected chi connectivity index (χ3v) is 2.28. The molecule has 0 fully saturated rings. The maximum absolute atomic E-state index is 13.6. The Kier molecular flexibility index (Phi) is 4.53. The van der Waals surface area contributed by atoms with Gasteiger partial charge in [-0.25, -0.2) is 4.39 Å². The SMILES string of the molecule is CC#C[C@H](CC(=O)OC)c1ccc(O)cc1F. The number of hydrogen-bond donors (Lipinski definition) is 1. The summed E-state index contributed by atoms with van der Waals surface area (Å²) in [5, 5.41) is 9.11. The van der Waals surface area contributed by atoms with E-state index >= 15 is 0 Å². The van der Waals surface area contributed by atoms with Gasteiger partial charge in [0.25, 0.3) is 0 Å². The monoisotopic (exact) mass is 236 g/mol. The van der Waals surface area contributed by atoms with E-state index < -0.39 is 17.7 Å². The fourth-order valence-corrected chi connectivity index (χ4v) is 1.46. The molecule has 17 heavy (non-hydrogen) atoms. The third kappa shape index (κ3) is 3.49. The van der Waals surface area contributed by atoms with Crippen molar-refractivity contribution in [2.75, 3.05) is 7.11 Å². The van der Waals surface area contributed by atoms with Crippen LogP contribution in [0.5, 0.6) is 5.75 Å². The van der Waals surface area contributed by atoms with Crippen molar-refractivity contribution in [1.82, 2.24) is 0 Å². The van der Waals surface area contributed by atoms with Gasteiger partial charge in [0.2, 0.25) is 0 Å². The molecule has 0 amide bonds. The van der Waals surface area contributed by atoms with Crippen molar-refractivity contribution in [2.45, 2.75) is 19.3 Å². The van der Waals surface area contributed by atoms with Crippen LogP contribution in [0.15, 0.2) is 18.2 Å². The molecule has 1 aromatic carbocycles. The second-order valence-electron chi connectivity index (χ2n) is 3.43. The van der Waals surface area contributed by atoms with Gasteiger partial charge in [-0.2, -0.15) is 0 Å². The number of benzene rings is 1. The number of esters is 1. The highest BCUT2D eigenvalue weighted by molar-refractivity contribution is 5.71. The van der Waals surface area contributed by atoms with E-state index in [2.05, 4.69) is 16.6 Å². The molecule has 0 aliphatic heterocycles. The normalized spacial score (nSPS) is 11.2. The van der Waals surface area contributed by atoms with Crippen LogP contribution in [0.2, 0.25) is 0 Å². The van der Waals surface area contributed by atoms with Crippen LogP contribution in [0.4, 0.5) is 4.39 Å². The van der Waals surface area contributed by atoms with Gasteiger partial charge >= 0.3 is 5.97 Å². The average molecular weight is 236 g/mol. The van der Waals surface area contributed by atoms with Crippen LogP contribution in [0.1, 0.15) is 24.8 Å². The number of methoxy groups -OCH3 is 1. The van der Waals surface area contributed by atoms with Crippen molar-refractivity contribution in [1.29, 1.82) is 0 Å². The van der Waals surface area contributed by atoms with Gasteiger partial charge in [0.15, 0.2) is 0 Å². The molecule has 0 spiro atoms. The molecule has 1 aromatic rings. The standard InChI is InChI=1S/C13H13FO3/c1-3-4-9(7-13(16)17-2)11-6-5-10(15)8-12(11)14/h5-6,8-9,15H,7H2,1-2H3/t9-/m1/s1. The van der Waals surface area contributed by atoms with Crippen LogP contribution in [-0.2, 0) is 9.53 Å². The Bertz CT molecular complexity index is 471. The molecule has 4 heteroatoms. The van der Waals surface area contributed by atoms with Crippen molar-refractivity contribution in [2.24, 2.45) is 0 Å². The predicted molar refractivity (Wildman–Crippen MR) is 60.9 cm³/mol. The first kappa shape index (κ1) is 13.0. The van der Waals surface area contributed by atoms with Crippen LogP contribution in [0.3, 0.4) is 0 Å². The summed E-state index contributed by atoms with van der Waals surface area (Å²) in [6, 6.07) is 3.78. The Hall–Kier alpha value is -2.02. The lowest BCUT2D eigenvalue weighted by atomic mass is 9.95. The molecule has 1 atom stereocenters. The molecule has 0 aliphatic carbocycles. The Morgan fingerprint density at radius 3 is 2.82 bits per heavy atom. The van der Waals surface area contributed by atoms with Crippen LogP contribution in [-0.4, -0.2) is 18.2 Å². The smallest absolute Gasteiger partial charge is 0.307 e. The number of hydrogen-bond acceptors (Lipinski definition) is 3. The second-order valence-corrected chi connectivity index (χ2v) is 3.43. The molecular formula is C13H13FO3. The zero-order valence-corrected chi connectivity index (χ0v) is 9.66. The number of ether oxygens (including phenoxy) is 1. The van der Waals surface area contributed by atoms with E-state index in [-0.39, 0.29) is 17.7 Å². The summed E-state index contributed by atoms with van der Waals surface area (Å²) >= 11 is 0. The van der Waals surface area contributed by atoms with Gasteiger partial charge in [0.05, 0.1) is 19.4 Å². The summed E-state index contributed by atoms with van der Waals surface area (Å²) in [6.45, 7) is 1.61. The van der Waals surface area contributed by atoms with Crippen molar-refractivity contribution in [3.63, 3.8) is 0 Å². The summed E-state index contributed by atoms with van der Waals surface area (Å²) in [4.78, 5) is 11.2. The highest BCUT2D eigenvalue weighted by atomic mass is 19.1. The summed E-state index contributed by atoms with van der Waals surface area (Å²) in [5.41, 5.74) is 0.280. The number of aromatic hydroxyl groups is 1. The molecule has 0 aromatic heterocycles. The third-order valence-electron chi connectivity index (χ3n) is 2.28. The minimum Gasteiger partial charge on any atom is -0.508 e. The zero-order chi connectivity index (χ0) is 12.8. The number of carbonyl (C=O) groups excluding carboxylic acids is 1.